The molecule has 0 spiro atoms. The molecule has 0 aliphatic heterocycles. The van der Waals surface area contributed by atoms with Gasteiger partial charge in [0.25, 0.3) is 0 Å². The summed E-state index contributed by atoms with van der Waals surface area (Å²) in [6.45, 7) is 5.46. The third-order valence-corrected chi connectivity index (χ3v) is 5.29. The number of hydrogen-bond acceptors (Lipinski definition) is 3. The van der Waals surface area contributed by atoms with Crippen LogP contribution in [-0.2, 0) is 27.7 Å². The van der Waals surface area contributed by atoms with Gasteiger partial charge in [-0.05, 0) is 50.5 Å². The second-order valence-corrected chi connectivity index (χ2v) is 9.44. The van der Waals surface area contributed by atoms with Crippen molar-refractivity contribution in [3.63, 3.8) is 0 Å². The van der Waals surface area contributed by atoms with Crippen molar-refractivity contribution in [1.29, 1.82) is 0 Å². The summed E-state index contributed by atoms with van der Waals surface area (Å²) in [5.41, 5.74) is 2.10. The highest BCUT2D eigenvalue weighted by atomic mass is 79.9. The van der Waals surface area contributed by atoms with Gasteiger partial charge in [0.05, 0.1) is 0 Å². The van der Waals surface area contributed by atoms with Crippen LogP contribution in [0.4, 0.5) is 10.5 Å². The zero-order chi connectivity index (χ0) is 19.2. The normalized spacial score (nSPS) is 12.5. The van der Waals surface area contributed by atoms with E-state index in [1.165, 1.54) is 0 Å². The van der Waals surface area contributed by atoms with Gasteiger partial charge in [-0.25, -0.2) is 4.79 Å². The number of aryl methyl sites for hydroxylation is 1. The number of rotatable bonds is 6. The summed E-state index contributed by atoms with van der Waals surface area (Å²) in [4.78, 5) is 12.1. The highest BCUT2D eigenvalue weighted by Gasteiger charge is 2.17. The molecule has 2 aromatic rings. The molecular weight excluding hydrogens is 414 g/mol. The van der Waals surface area contributed by atoms with Crippen LogP contribution < -0.4 is 5.32 Å². The number of nitrogens with one attached hydrogen (secondary N) is 1. The minimum atomic E-state index is -0.969. The predicted octanol–water partition coefficient (Wildman–Crippen LogP) is 5.29. The van der Waals surface area contributed by atoms with Crippen LogP contribution >= 0.6 is 15.9 Å². The van der Waals surface area contributed by atoms with Crippen LogP contribution in [0, 0.1) is 0 Å². The van der Waals surface area contributed by atoms with E-state index in [1.54, 1.807) is 0 Å². The molecule has 0 heterocycles. The fourth-order valence-electron chi connectivity index (χ4n) is 2.35. The van der Waals surface area contributed by atoms with Crippen LogP contribution in [-0.4, -0.2) is 21.7 Å². The SMILES string of the molecule is CC(C)(C)OC(=O)Nc1cc(Br)ccc1CCS(=O)Cc1ccccc1. The molecule has 4 nitrogen and oxygen atoms in total. The maximum absolute atomic E-state index is 12.4. The number of carbonyl (C=O) groups excluding carboxylic acids is 1. The van der Waals surface area contributed by atoms with Crippen LogP contribution in [0.3, 0.4) is 0 Å². The van der Waals surface area contributed by atoms with Gasteiger partial charge >= 0.3 is 6.09 Å². The van der Waals surface area contributed by atoms with E-state index in [4.69, 9.17) is 4.74 Å². The molecule has 0 saturated heterocycles. The maximum atomic E-state index is 12.4. The van der Waals surface area contributed by atoms with Gasteiger partial charge in [-0.2, -0.15) is 0 Å². The van der Waals surface area contributed by atoms with E-state index >= 15 is 0 Å². The number of carbonyl (C=O) groups is 1. The topological polar surface area (TPSA) is 55.4 Å². The number of halogens is 1. The van der Waals surface area contributed by atoms with Gasteiger partial charge in [0, 0.05) is 32.5 Å². The van der Waals surface area contributed by atoms with E-state index in [9.17, 15) is 9.00 Å². The third kappa shape index (κ3) is 7.30. The quantitative estimate of drug-likeness (QED) is 0.667. The number of amides is 1. The van der Waals surface area contributed by atoms with E-state index in [2.05, 4.69) is 21.2 Å². The Balaban J connectivity index is 2.00. The second kappa shape index (κ2) is 9.33. The van der Waals surface area contributed by atoms with E-state index in [0.717, 1.165) is 15.6 Å². The predicted molar refractivity (Wildman–Crippen MR) is 111 cm³/mol. The van der Waals surface area contributed by atoms with Crippen molar-refractivity contribution in [2.24, 2.45) is 0 Å². The lowest BCUT2D eigenvalue weighted by Gasteiger charge is -2.20. The van der Waals surface area contributed by atoms with Crippen molar-refractivity contribution < 1.29 is 13.7 Å². The zero-order valence-electron chi connectivity index (χ0n) is 15.3. The summed E-state index contributed by atoms with van der Waals surface area (Å²) in [6.07, 6.45) is 0.111. The number of anilines is 1. The number of ether oxygens (including phenoxy) is 1. The van der Waals surface area contributed by atoms with Gasteiger partial charge in [0.15, 0.2) is 0 Å². The molecule has 1 amide bonds. The lowest BCUT2D eigenvalue weighted by molar-refractivity contribution is 0.0636. The van der Waals surface area contributed by atoms with Crippen LogP contribution in [0.2, 0.25) is 0 Å². The third-order valence-electron chi connectivity index (χ3n) is 3.48. The van der Waals surface area contributed by atoms with E-state index in [1.807, 2.05) is 69.3 Å². The largest absolute Gasteiger partial charge is 0.444 e. The highest BCUT2D eigenvalue weighted by Crippen LogP contribution is 2.23. The molecule has 0 aliphatic rings. The smallest absolute Gasteiger partial charge is 0.412 e. The Hall–Kier alpha value is -1.66. The molecule has 0 fully saturated rings. The molecule has 26 heavy (non-hydrogen) atoms. The second-order valence-electron chi connectivity index (χ2n) is 6.95. The summed E-state index contributed by atoms with van der Waals surface area (Å²) in [7, 11) is -0.969. The van der Waals surface area contributed by atoms with Crippen LogP contribution in [0.1, 0.15) is 31.9 Å². The van der Waals surface area contributed by atoms with Gasteiger partial charge in [-0.1, -0.05) is 52.3 Å². The average molecular weight is 438 g/mol. The number of benzene rings is 2. The van der Waals surface area contributed by atoms with Gasteiger partial charge in [-0.15, -0.1) is 0 Å². The Morgan fingerprint density at radius 2 is 1.85 bits per heavy atom. The Kier molecular flexibility index (Phi) is 7.41. The molecular formula is C20H24BrNO3S. The summed E-state index contributed by atoms with van der Waals surface area (Å²) < 4.78 is 18.5. The number of hydrogen-bond donors (Lipinski definition) is 1. The van der Waals surface area contributed by atoms with E-state index in [0.29, 0.717) is 23.6 Å². The standard InChI is InChI=1S/C20H24BrNO3S/c1-20(2,3)25-19(23)22-18-13-17(21)10-9-16(18)11-12-26(24)14-15-7-5-4-6-8-15/h4-10,13H,11-12,14H2,1-3H3,(H,22,23). The summed E-state index contributed by atoms with van der Waals surface area (Å²) in [5, 5.41) is 2.79. The molecule has 0 aromatic heterocycles. The first-order chi connectivity index (χ1) is 12.2. The molecule has 2 aromatic carbocycles. The lowest BCUT2D eigenvalue weighted by atomic mass is 10.1. The van der Waals surface area contributed by atoms with Crippen molar-refractivity contribution in [3.8, 4) is 0 Å². The Labute approximate surface area is 165 Å². The van der Waals surface area contributed by atoms with Gasteiger partial charge in [-0.3, -0.25) is 9.53 Å². The van der Waals surface area contributed by atoms with Crippen molar-refractivity contribution in [3.05, 3.63) is 64.1 Å². The monoisotopic (exact) mass is 437 g/mol. The first-order valence-electron chi connectivity index (χ1n) is 8.40. The molecule has 2 rings (SSSR count). The van der Waals surface area contributed by atoms with Crippen molar-refractivity contribution in [2.75, 3.05) is 11.1 Å². The Morgan fingerprint density at radius 3 is 2.50 bits per heavy atom. The van der Waals surface area contributed by atoms with Crippen LogP contribution in [0.15, 0.2) is 53.0 Å². The van der Waals surface area contributed by atoms with Crippen molar-refractivity contribution >= 4 is 38.5 Å². The van der Waals surface area contributed by atoms with Crippen LogP contribution in [0.5, 0.6) is 0 Å². The molecule has 0 bridgehead atoms. The lowest BCUT2D eigenvalue weighted by Crippen LogP contribution is -2.27. The minimum Gasteiger partial charge on any atom is -0.444 e. The highest BCUT2D eigenvalue weighted by molar-refractivity contribution is 9.10. The fraction of sp³-hybridized carbons (Fsp3) is 0.350. The van der Waals surface area contributed by atoms with Crippen molar-refractivity contribution in [2.45, 2.75) is 38.5 Å². The van der Waals surface area contributed by atoms with Crippen LogP contribution in [0.25, 0.3) is 0 Å². The minimum absolute atomic E-state index is 0.498. The average Bonchev–Trinajstić information content (AvgIpc) is 2.53. The summed E-state index contributed by atoms with van der Waals surface area (Å²) >= 11 is 3.42. The molecule has 1 atom stereocenters. The fourth-order valence-corrected chi connectivity index (χ4v) is 3.87. The summed E-state index contributed by atoms with van der Waals surface area (Å²) in [6, 6.07) is 15.5. The molecule has 1 unspecified atom stereocenters. The molecule has 6 heteroatoms. The van der Waals surface area contributed by atoms with Gasteiger partial charge < -0.3 is 4.74 Å². The Bertz CT molecular complexity index is 772. The zero-order valence-corrected chi connectivity index (χ0v) is 17.7. The molecule has 140 valence electrons. The van der Waals surface area contributed by atoms with Gasteiger partial charge in [0.2, 0.25) is 0 Å². The first-order valence-corrected chi connectivity index (χ1v) is 10.7. The molecule has 0 aliphatic carbocycles. The Morgan fingerprint density at radius 1 is 1.15 bits per heavy atom. The molecule has 1 N–H and O–H groups in total. The van der Waals surface area contributed by atoms with Gasteiger partial charge in [0.1, 0.15) is 5.60 Å². The van der Waals surface area contributed by atoms with E-state index < -0.39 is 22.5 Å². The summed E-state index contributed by atoms with van der Waals surface area (Å²) in [5.74, 6) is 1.06. The van der Waals surface area contributed by atoms with Crippen molar-refractivity contribution in [1.82, 2.24) is 0 Å². The molecule has 0 radical (unpaired) electrons. The molecule has 0 saturated carbocycles. The maximum Gasteiger partial charge on any atom is 0.412 e. The first kappa shape index (κ1) is 20.6. The van der Waals surface area contributed by atoms with E-state index in [-0.39, 0.29) is 0 Å².